The Morgan fingerprint density at radius 2 is 1.94 bits per heavy atom. The van der Waals surface area contributed by atoms with Crippen LogP contribution in [0.25, 0.3) is 10.9 Å². The number of anilines is 2. The van der Waals surface area contributed by atoms with E-state index in [9.17, 15) is 15.3 Å². The van der Waals surface area contributed by atoms with Gasteiger partial charge in [0.05, 0.1) is 17.1 Å². The van der Waals surface area contributed by atoms with Crippen molar-refractivity contribution in [3.8, 4) is 6.19 Å². The molecule has 2 N–H and O–H groups in total. The quantitative estimate of drug-likeness (QED) is 0.187. The summed E-state index contributed by atoms with van der Waals surface area (Å²) in [5.41, 5.74) is 1.85. The number of carbonyl (C=O) groups excluding carboxylic acids is 1. The number of fused-ring (bicyclic) bond motifs is 1. The van der Waals surface area contributed by atoms with Crippen molar-refractivity contribution in [1.29, 1.82) is 5.26 Å². The molecule has 10 heteroatoms. The van der Waals surface area contributed by atoms with Crippen molar-refractivity contribution in [3.05, 3.63) is 71.0 Å². The minimum Gasteiger partial charge on any atom is -0.618 e. The molecule has 0 aliphatic carbocycles. The Hall–Kier alpha value is -4.03. The SMILES string of the molecule is CC(C)C1CN(C(=O)Nc2ccc(Cl)cc2)CCN1/C(=N\C#N)Nc1cccc2c1ccc[n+]2[O-]. The lowest BCUT2D eigenvalue weighted by atomic mass is 10.00. The number of hydrogen-bond donors (Lipinski definition) is 2. The van der Waals surface area contributed by atoms with Gasteiger partial charge in [0, 0.05) is 42.5 Å². The molecule has 4 rings (SSSR count). The molecule has 1 unspecified atom stereocenters. The molecule has 2 aromatic carbocycles. The zero-order valence-electron chi connectivity index (χ0n) is 19.5. The third-order valence-corrected chi connectivity index (χ3v) is 6.30. The number of amides is 2. The predicted molar refractivity (Wildman–Crippen MR) is 137 cm³/mol. The van der Waals surface area contributed by atoms with Gasteiger partial charge in [-0.3, -0.25) is 0 Å². The first-order chi connectivity index (χ1) is 16.9. The van der Waals surface area contributed by atoms with Crippen molar-refractivity contribution in [1.82, 2.24) is 9.80 Å². The van der Waals surface area contributed by atoms with Crippen molar-refractivity contribution in [2.45, 2.75) is 19.9 Å². The van der Waals surface area contributed by atoms with Gasteiger partial charge in [0.2, 0.25) is 17.7 Å². The predicted octanol–water partition coefficient (Wildman–Crippen LogP) is 4.25. The smallest absolute Gasteiger partial charge is 0.321 e. The third kappa shape index (κ3) is 5.39. The number of halogens is 1. The Morgan fingerprint density at radius 3 is 2.66 bits per heavy atom. The lowest BCUT2D eigenvalue weighted by Gasteiger charge is -2.44. The number of nitrogens with zero attached hydrogens (tertiary/aromatic N) is 5. The largest absolute Gasteiger partial charge is 0.618 e. The maximum absolute atomic E-state index is 12.9. The van der Waals surface area contributed by atoms with Gasteiger partial charge in [-0.25, -0.2) is 4.79 Å². The van der Waals surface area contributed by atoms with Crippen LogP contribution in [0.1, 0.15) is 13.8 Å². The van der Waals surface area contributed by atoms with Crippen LogP contribution in [0.2, 0.25) is 5.02 Å². The minimum atomic E-state index is -0.196. The summed E-state index contributed by atoms with van der Waals surface area (Å²) in [6, 6.07) is 15.6. The van der Waals surface area contributed by atoms with E-state index in [-0.39, 0.29) is 18.0 Å². The molecule has 1 aliphatic rings. The zero-order chi connectivity index (χ0) is 24.9. The number of aliphatic imine (C=N–C) groups is 1. The molecular weight excluding hydrogens is 466 g/mol. The first-order valence-corrected chi connectivity index (χ1v) is 11.7. The molecule has 0 spiro atoms. The van der Waals surface area contributed by atoms with Gasteiger partial charge in [0.15, 0.2) is 6.20 Å². The summed E-state index contributed by atoms with van der Waals surface area (Å²) in [7, 11) is 0. The molecule has 35 heavy (non-hydrogen) atoms. The van der Waals surface area contributed by atoms with Gasteiger partial charge >= 0.3 is 6.03 Å². The molecule has 1 aliphatic heterocycles. The van der Waals surface area contributed by atoms with Gasteiger partial charge in [-0.1, -0.05) is 31.5 Å². The molecule has 180 valence electrons. The average Bonchev–Trinajstić information content (AvgIpc) is 2.85. The van der Waals surface area contributed by atoms with E-state index < -0.39 is 0 Å². The van der Waals surface area contributed by atoms with Crippen molar-refractivity contribution >= 4 is 45.9 Å². The van der Waals surface area contributed by atoms with E-state index in [0.29, 0.717) is 47.5 Å². The second kappa shape index (κ2) is 10.5. The third-order valence-electron chi connectivity index (χ3n) is 6.05. The van der Waals surface area contributed by atoms with Crippen LogP contribution in [0.4, 0.5) is 16.2 Å². The molecule has 1 fully saturated rings. The maximum atomic E-state index is 12.9. The fourth-order valence-corrected chi connectivity index (χ4v) is 4.35. The van der Waals surface area contributed by atoms with Crippen molar-refractivity contribution in [2.24, 2.45) is 10.9 Å². The second-order valence-electron chi connectivity index (χ2n) is 8.62. The van der Waals surface area contributed by atoms with Crippen LogP contribution in [0.15, 0.2) is 65.8 Å². The van der Waals surface area contributed by atoms with Gasteiger partial charge in [-0.2, -0.15) is 9.99 Å². The van der Waals surface area contributed by atoms with Crippen LogP contribution < -0.4 is 15.4 Å². The number of rotatable bonds is 3. The molecule has 1 aromatic heterocycles. The highest BCUT2D eigenvalue weighted by Crippen LogP contribution is 2.24. The molecule has 0 saturated carbocycles. The number of carbonyl (C=O) groups is 1. The van der Waals surface area contributed by atoms with Gasteiger partial charge < -0.3 is 25.6 Å². The summed E-state index contributed by atoms with van der Waals surface area (Å²) < 4.78 is 0.802. The molecule has 1 atom stereocenters. The van der Waals surface area contributed by atoms with E-state index in [1.807, 2.05) is 23.2 Å². The van der Waals surface area contributed by atoms with E-state index in [2.05, 4.69) is 29.5 Å². The summed E-state index contributed by atoms with van der Waals surface area (Å²) >= 11 is 5.93. The maximum Gasteiger partial charge on any atom is 0.321 e. The first-order valence-electron chi connectivity index (χ1n) is 11.3. The second-order valence-corrected chi connectivity index (χ2v) is 9.06. The Bertz CT molecular complexity index is 1290. The van der Waals surface area contributed by atoms with Crippen LogP contribution in [0, 0.1) is 22.6 Å². The highest BCUT2D eigenvalue weighted by Gasteiger charge is 2.34. The zero-order valence-corrected chi connectivity index (χ0v) is 20.2. The lowest BCUT2D eigenvalue weighted by molar-refractivity contribution is -0.577. The van der Waals surface area contributed by atoms with Crippen molar-refractivity contribution in [2.75, 3.05) is 30.3 Å². The normalized spacial score (nSPS) is 16.3. The molecule has 0 bridgehead atoms. The number of aromatic nitrogens is 1. The molecule has 3 aromatic rings. The summed E-state index contributed by atoms with van der Waals surface area (Å²) in [6.45, 7) is 5.53. The molecule has 2 heterocycles. The lowest BCUT2D eigenvalue weighted by Crippen LogP contribution is -2.60. The molecular formula is C25H26ClN7O2. The summed E-state index contributed by atoms with van der Waals surface area (Å²) in [6.07, 6.45) is 3.33. The number of nitriles is 1. The van der Waals surface area contributed by atoms with Crippen LogP contribution >= 0.6 is 11.6 Å². The van der Waals surface area contributed by atoms with E-state index in [1.54, 1.807) is 47.4 Å². The number of benzene rings is 2. The average molecular weight is 492 g/mol. The van der Waals surface area contributed by atoms with Crippen molar-refractivity contribution < 1.29 is 9.52 Å². The topological polar surface area (TPSA) is 111 Å². The highest BCUT2D eigenvalue weighted by molar-refractivity contribution is 6.30. The highest BCUT2D eigenvalue weighted by atomic mass is 35.5. The molecule has 2 amide bonds. The van der Waals surface area contributed by atoms with Gasteiger partial charge in [0.1, 0.15) is 0 Å². The van der Waals surface area contributed by atoms with Gasteiger partial charge in [-0.05, 0) is 42.3 Å². The standard InChI is InChI=1S/C25H26ClN7O2/c1-17(2)23-15-31(25(34)29-19-10-8-18(26)9-11-19)13-14-32(23)24(28-16-27)30-21-6-3-7-22-20(21)5-4-12-33(22)35/h3-12,17,23H,13-15H2,1-2H3,(H,28,30)(H,29,34). The fourth-order valence-electron chi connectivity index (χ4n) is 4.22. The monoisotopic (exact) mass is 491 g/mol. The number of hydrogen-bond acceptors (Lipinski definition) is 4. The van der Waals surface area contributed by atoms with Crippen LogP contribution in [-0.4, -0.2) is 47.5 Å². The fraction of sp³-hybridized carbons (Fsp3) is 0.280. The number of urea groups is 1. The van der Waals surface area contributed by atoms with Crippen LogP contribution in [0.5, 0.6) is 0 Å². The summed E-state index contributed by atoms with van der Waals surface area (Å²) in [5.74, 6) is 0.556. The Morgan fingerprint density at radius 1 is 1.17 bits per heavy atom. The molecule has 9 nitrogen and oxygen atoms in total. The summed E-state index contributed by atoms with van der Waals surface area (Å²) in [5, 5.41) is 29.1. The Kier molecular flexibility index (Phi) is 7.22. The van der Waals surface area contributed by atoms with Gasteiger partial charge in [-0.15, -0.1) is 4.99 Å². The van der Waals surface area contributed by atoms with Crippen molar-refractivity contribution in [3.63, 3.8) is 0 Å². The number of nitrogens with one attached hydrogen (secondary N) is 2. The Balaban J connectivity index is 1.54. The van der Waals surface area contributed by atoms with E-state index in [4.69, 9.17) is 11.6 Å². The first kappa shape index (κ1) is 24.1. The van der Waals surface area contributed by atoms with Gasteiger partial charge in [0.25, 0.3) is 0 Å². The summed E-state index contributed by atoms with van der Waals surface area (Å²) in [4.78, 5) is 20.8. The van der Waals surface area contributed by atoms with E-state index >= 15 is 0 Å². The number of piperazine rings is 1. The minimum absolute atomic E-state index is 0.0845. The van der Waals surface area contributed by atoms with E-state index in [1.165, 1.54) is 6.20 Å². The number of pyridine rings is 1. The van der Waals surface area contributed by atoms with Crippen LogP contribution in [0.3, 0.4) is 0 Å². The van der Waals surface area contributed by atoms with Crippen LogP contribution in [-0.2, 0) is 0 Å². The number of guanidine groups is 1. The molecule has 1 saturated heterocycles. The molecule has 0 radical (unpaired) electrons. The Labute approximate surface area is 208 Å². The van der Waals surface area contributed by atoms with E-state index in [0.717, 1.165) is 10.1 Å².